The minimum Gasteiger partial charge on any atom is -0.206 e. The van der Waals surface area contributed by atoms with Crippen molar-refractivity contribution in [3.05, 3.63) is 70.3 Å². The predicted molar refractivity (Wildman–Crippen MR) is 89.7 cm³/mol. The summed E-state index contributed by atoms with van der Waals surface area (Å²) in [7, 11) is 0. The van der Waals surface area contributed by atoms with E-state index in [1.807, 2.05) is 12.1 Å². The van der Waals surface area contributed by atoms with Crippen molar-refractivity contribution in [3.63, 3.8) is 0 Å². The molecule has 2 aromatic carbocycles. The van der Waals surface area contributed by atoms with Gasteiger partial charge in [-0.2, -0.15) is 0 Å². The molecular weight excluding hydrogens is 278 g/mol. The molecule has 0 heterocycles. The van der Waals surface area contributed by atoms with Crippen molar-refractivity contribution < 1.29 is 8.78 Å². The maximum Gasteiger partial charge on any atom is 0.130 e. The van der Waals surface area contributed by atoms with Gasteiger partial charge in [-0.3, -0.25) is 0 Å². The van der Waals surface area contributed by atoms with Crippen molar-refractivity contribution in [1.82, 2.24) is 0 Å². The molecule has 0 saturated heterocycles. The summed E-state index contributed by atoms with van der Waals surface area (Å²) in [6.07, 6.45) is 6.97. The maximum atomic E-state index is 14.0. The molecule has 0 bridgehead atoms. The van der Waals surface area contributed by atoms with Crippen LogP contribution in [0.2, 0.25) is 0 Å². The fraction of sp³-hybridized carbons (Fsp3) is 0.300. The van der Waals surface area contributed by atoms with Crippen molar-refractivity contribution in [1.29, 1.82) is 0 Å². The van der Waals surface area contributed by atoms with Gasteiger partial charge in [0.2, 0.25) is 0 Å². The first-order chi connectivity index (χ1) is 10.6. The molecule has 2 heteroatoms. The van der Waals surface area contributed by atoms with Crippen LogP contribution in [0.5, 0.6) is 0 Å². The van der Waals surface area contributed by atoms with Crippen LogP contribution in [-0.4, -0.2) is 0 Å². The van der Waals surface area contributed by atoms with E-state index >= 15 is 0 Å². The van der Waals surface area contributed by atoms with Crippen LogP contribution in [0.15, 0.2) is 36.4 Å². The first-order valence-electron chi connectivity index (χ1n) is 7.89. The van der Waals surface area contributed by atoms with Gasteiger partial charge in [-0.25, -0.2) is 8.78 Å². The Morgan fingerprint density at radius 2 is 1.14 bits per heavy atom. The van der Waals surface area contributed by atoms with E-state index in [0.29, 0.717) is 11.1 Å². The minimum atomic E-state index is -0.259. The standard InChI is InChI=1S/C20H22F2/c1-3-5-15-7-9-17(19(21)13-15)11-12-18-10-8-16(6-4-2)14-20(18)22/h7-14H,3-6H2,1-2H3/b12-11-. The van der Waals surface area contributed by atoms with Crippen molar-refractivity contribution >= 4 is 12.2 Å². The van der Waals surface area contributed by atoms with Crippen molar-refractivity contribution in [2.75, 3.05) is 0 Å². The highest BCUT2D eigenvalue weighted by Gasteiger charge is 2.03. The first-order valence-corrected chi connectivity index (χ1v) is 7.89. The molecule has 0 amide bonds. The Labute approximate surface area is 131 Å². The molecule has 2 rings (SSSR count). The summed E-state index contributed by atoms with van der Waals surface area (Å²) in [6, 6.07) is 10.5. The van der Waals surface area contributed by atoms with Crippen LogP contribution in [-0.2, 0) is 12.8 Å². The minimum absolute atomic E-state index is 0.259. The van der Waals surface area contributed by atoms with E-state index in [-0.39, 0.29) is 11.6 Å². The normalized spacial score (nSPS) is 11.3. The summed E-state index contributed by atoms with van der Waals surface area (Å²) in [6.45, 7) is 4.13. The molecule has 0 aliphatic rings. The SMILES string of the molecule is CCCc1ccc(/C=C\c2ccc(CCC)cc2F)c(F)c1. The largest absolute Gasteiger partial charge is 0.206 e. The second-order valence-electron chi connectivity index (χ2n) is 5.55. The molecule has 0 fully saturated rings. The lowest BCUT2D eigenvalue weighted by molar-refractivity contribution is 0.620. The summed E-state index contributed by atoms with van der Waals surface area (Å²) >= 11 is 0. The zero-order valence-electron chi connectivity index (χ0n) is 13.2. The quantitative estimate of drug-likeness (QED) is 0.570. The molecule has 0 unspecified atom stereocenters. The first kappa shape index (κ1) is 16.4. The van der Waals surface area contributed by atoms with Crippen LogP contribution in [0.25, 0.3) is 12.2 Å². The number of hydrogen-bond donors (Lipinski definition) is 0. The van der Waals surface area contributed by atoms with Gasteiger partial charge >= 0.3 is 0 Å². The maximum absolute atomic E-state index is 14.0. The zero-order valence-corrected chi connectivity index (χ0v) is 13.2. The molecule has 0 nitrogen and oxygen atoms in total. The van der Waals surface area contributed by atoms with E-state index in [1.54, 1.807) is 36.4 Å². The topological polar surface area (TPSA) is 0 Å². The number of benzene rings is 2. The second-order valence-corrected chi connectivity index (χ2v) is 5.55. The molecule has 116 valence electrons. The van der Waals surface area contributed by atoms with Gasteiger partial charge < -0.3 is 0 Å². The van der Waals surface area contributed by atoms with E-state index in [2.05, 4.69) is 13.8 Å². The van der Waals surface area contributed by atoms with Gasteiger partial charge in [0.15, 0.2) is 0 Å². The number of halogens is 2. The number of hydrogen-bond acceptors (Lipinski definition) is 0. The highest BCUT2D eigenvalue weighted by atomic mass is 19.1. The van der Waals surface area contributed by atoms with Crippen LogP contribution >= 0.6 is 0 Å². The van der Waals surface area contributed by atoms with Crippen LogP contribution in [0, 0.1) is 11.6 Å². The van der Waals surface area contributed by atoms with Crippen molar-refractivity contribution in [2.45, 2.75) is 39.5 Å². The second kappa shape index (κ2) is 7.88. The van der Waals surface area contributed by atoms with Crippen LogP contribution < -0.4 is 0 Å². The molecule has 0 N–H and O–H groups in total. The van der Waals surface area contributed by atoms with E-state index in [9.17, 15) is 8.78 Å². The van der Waals surface area contributed by atoms with Gasteiger partial charge in [-0.05, 0) is 36.1 Å². The van der Waals surface area contributed by atoms with E-state index in [4.69, 9.17) is 0 Å². The summed E-state index contributed by atoms with van der Waals surface area (Å²) in [5.41, 5.74) is 2.95. The Morgan fingerprint density at radius 1 is 0.727 bits per heavy atom. The van der Waals surface area contributed by atoms with Crippen molar-refractivity contribution in [2.24, 2.45) is 0 Å². The third-order valence-electron chi connectivity index (χ3n) is 3.65. The average Bonchev–Trinajstić information content (AvgIpc) is 2.49. The van der Waals surface area contributed by atoms with E-state index < -0.39 is 0 Å². The number of aryl methyl sites for hydroxylation is 2. The Bertz CT molecular complexity index is 599. The van der Waals surface area contributed by atoms with Gasteiger partial charge in [-0.15, -0.1) is 0 Å². The molecule has 0 aliphatic heterocycles. The molecule has 0 radical (unpaired) electrons. The van der Waals surface area contributed by atoms with Gasteiger partial charge in [0.05, 0.1) is 0 Å². The number of rotatable bonds is 6. The fourth-order valence-electron chi connectivity index (χ4n) is 2.48. The fourth-order valence-corrected chi connectivity index (χ4v) is 2.48. The smallest absolute Gasteiger partial charge is 0.130 e. The van der Waals surface area contributed by atoms with Gasteiger partial charge in [0.1, 0.15) is 11.6 Å². The Balaban J connectivity index is 2.18. The average molecular weight is 300 g/mol. The van der Waals surface area contributed by atoms with E-state index in [0.717, 1.165) is 36.8 Å². The lowest BCUT2D eigenvalue weighted by Gasteiger charge is -2.03. The molecule has 22 heavy (non-hydrogen) atoms. The summed E-state index contributed by atoms with van der Waals surface area (Å²) < 4.78 is 28.0. The monoisotopic (exact) mass is 300 g/mol. The van der Waals surface area contributed by atoms with E-state index in [1.165, 1.54) is 0 Å². The van der Waals surface area contributed by atoms with Gasteiger partial charge in [-0.1, -0.05) is 63.1 Å². The van der Waals surface area contributed by atoms with Gasteiger partial charge in [0, 0.05) is 11.1 Å². The summed E-state index contributed by atoms with van der Waals surface area (Å²) in [5, 5.41) is 0. The zero-order chi connectivity index (χ0) is 15.9. The molecule has 0 aliphatic carbocycles. The lowest BCUT2D eigenvalue weighted by atomic mass is 10.0. The lowest BCUT2D eigenvalue weighted by Crippen LogP contribution is -1.90. The molecule has 2 aromatic rings. The van der Waals surface area contributed by atoms with Crippen LogP contribution in [0.4, 0.5) is 8.78 Å². The molecule has 0 aromatic heterocycles. The molecule has 0 spiro atoms. The highest BCUT2D eigenvalue weighted by Crippen LogP contribution is 2.18. The highest BCUT2D eigenvalue weighted by molar-refractivity contribution is 5.70. The Kier molecular flexibility index (Phi) is 5.88. The van der Waals surface area contributed by atoms with Crippen molar-refractivity contribution in [3.8, 4) is 0 Å². The predicted octanol–water partition coefficient (Wildman–Crippen LogP) is 6.04. The van der Waals surface area contributed by atoms with Gasteiger partial charge in [0.25, 0.3) is 0 Å². The third-order valence-corrected chi connectivity index (χ3v) is 3.65. The Hall–Kier alpha value is -1.96. The summed E-state index contributed by atoms with van der Waals surface area (Å²) in [4.78, 5) is 0. The Morgan fingerprint density at radius 3 is 1.45 bits per heavy atom. The third kappa shape index (κ3) is 4.27. The molecule has 0 atom stereocenters. The van der Waals surface area contributed by atoms with Crippen LogP contribution in [0.1, 0.15) is 48.9 Å². The summed E-state index contributed by atoms with van der Waals surface area (Å²) in [5.74, 6) is -0.518. The van der Waals surface area contributed by atoms with Crippen LogP contribution in [0.3, 0.4) is 0 Å². The molecular formula is C20H22F2. The molecule has 0 saturated carbocycles.